The molecule has 0 bridgehead atoms. The van der Waals surface area contributed by atoms with Crippen molar-refractivity contribution in [2.75, 3.05) is 5.32 Å². The lowest BCUT2D eigenvalue weighted by molar-refractivity contribution is -0.192. The second-order valence-corrected chi connectivity index (χ2v) is 8.81. The number of nitrogens with two attached hydrogens (primary N) is 1. The van der Waals surface area contributed by atoms with Crippen molar-refractivity contribution in [3.05, 3.63) is 77.6 Å². The van der Waals surface area contributed by atoms with Crippen molar-refractivity contribution >= 4 is 34.7 Å². The maximum absolute atomic E-state index is 11.7. The van der Waals surface area contributed by atoms with E-state index in [1.54, 1.807) is 18.2 Å². The Morgan fingerprint density at radius 3 is 2.25 bits per heavy atom. The van der Waals surface area contributed by atoms with Gasteiger partial charge in [-0.05, 0) is 66.4 Å². The average molecular weight is 557 g/mol. The number of anilines is 1. The minimum absolute atomic E-state index is 0.271. The van der Waals surface area contributed by atoms with Crippen LogP contribution in [0.15, 0.2) is 60.7 Å². The van der Waals surface area contributed by atoms with Gasteiger partial charge in [-0.15, -0.1) is 0 Å². The molecule has 1 heterocycles. The van der Waals surface area contributed by atoms with Crippen molar-refractivity contribution in [2.45, 2.75) is 39.3 Å². The molecule has 0 saturated carbocycles. The molecule has 1 aromatic heterocycles. The number of nitrogens with one attached hydrogen (secondary N) is 1. The third-order valence-electron chi connectivity index (χ3n) is 5.90. The maximum atomic E-state index is 11.7. The highest BCUT2D eigenvalue weighted by atomic mass is 19.4. The molecule has 0 aliphatic carbocycles. The summed E-state index contributed by atoms with van der Waals surface area (Å²) in [6.07, 6.45) is -2.23. The molecular formula is C28H27F3N4O5. The molecule has 3 aromatic carbocycles. The molecule has 4 rings (SSSR count). The maximum Gasteiger partial charge on any atom is 0.490 e. The summed E-state index contributed by atoms with van der Waals surface area (Å²) >= 11 is 0. The standard InChI is InChI=1S/C26H26N4O3.C2HF3O2/c1-3-4-9-24-29-22-13-10-17(28-26(27)33)15-23(22)30(24)18-11-12-19(16(2)14-18)20-7-5-6-8-21(20)25(31)32;3-2(4,5)1(6)7/h5-8,10-15H,3-4,9H2,1-2H3,(H,31,32)(H3,27,28,33);(H,6,7). The first-order valence-electron chi connectivity index (χ1n) is 12.1. The molecule has 2 amide bonds. The Kier molecular flexibility index (Phi) is 9.15. The molecule has 0 radical (unpaired) electrons. The number of carbonyl (C=O) groups excluding carboxylic acids is 1. The van der Waals surface area contributed by atoms with Crippen LogP contribution in [0.5, 0.6) is 0 Å². The van der Waals surface area contributed by atoms with Crippen LogP contribution in [0.25, 0.3) is 27.8 Å². The van der Waals surface area contributed by atoms with Crippen molar-refractivity contribution in [3.8, 4) is 16.8 Å². The van der Waals surface area contributed by atoms with E-state index in [9.17, 15) is 27.9 Å². The number of carboxylic acids is 2. The Morgan fingerprint density at radius 2 is 1.68 bits per heavy atom. The van der Waals surface area contributed by atoms with Gasteiger partial charge in [0.25, 0.3) is 0 Å². The zero-order valence-corrected chi connectivity index (χ0v) is 21.6. The normalized spacial score (nSPS) is 11.0. The molecule has 5 N–H and O–H groups in total. The molecular weight excluding hydrogens is 529 g/mol. The van der Waals surface area contributed by atoms with E-state index >= 15 is 0 Å². The van der Waals surface area contributed by atoms with E-state index in [4.69, 9.17) is 20.6 Å². The SMILES string of the molecule is CCCCc1nc2ccc(NC(N)=O)cc2n1-c1ccc(-c2ccccc2C(=O)O)c(C)c1.O=C(O)C(F)(F)F. The number of amides is 2. The number of carboxylic acid groups (broad SMARTS) is 2. The van der Waals surface area contributed by atoms with E-state index in [-0.39, 0.29) is 5.56 Å². The minimum atomic E-state index is -5.08. The number of benzene rings is 3. The largest absolute Gasteiger partial charge is 0.490 e. The van der Waals surface area contributed by atoms with Gasteiger partial charge in [-0.25, -0.2) is 19.4 Å². The first-order chi connectivity index (χ1) is 18.8. The molecule has 0 aliphatic heterocycles. The summed E-state index contributed by atoms with van der Waals surface area (Å²) in [5.74, 6) is -2.78. The van der Waals surface area contributed by atoms with Crippen LogP contribution in [-0.4, -0.2) is 43.9 Å². The number of carbonyl (C=O) groups is 3. The molecule has 4 aromatic rings. The van der Waals surface area contributed by atoms with Gasteiger partial charge in [0.2, 0.25) is 0 Å². The van der Waals surface area contributed by atoms with Crippen molar-refractivity contribution in [1.82, 2.24) is 9.55 Å². The van der Waals surface area contributed by atoms with Crippen LogP contribution < -0.4 is 11.1 Å². The van der Waals surface area contributed by atoms with Gasteiger partial charge < -0.3 is 21.3 Å². The van der Waals surface area contributed by atoms with Gasteiger partial charge in [0.1, 0.15) is 5.82 Å². The summed E-state index contributed by atoms with van der Waals surface area (Å²) in [6, 6.07) is 17.9. The van der Waals surface area contributed by atoms with Crippen LogP contribution in [-0.2, 0) is 11.2 Å². The zero-order chi connectivity index (χ0) is 29.6. The lowest BCUT2D eigenvalue weighted by Gasteiger charge is -2.14. The van der Waals surface area contributed by atoms with Gasteiger partial charge in [0.05, 0.1) is 16.6 Å². The fourth-order valence-corrected chi connectivity index (χ4v) is 4.13. The summed E-state index contributed by atoms with van der Waals surface area (Å²) in [7, 11) is 0. The van der Waals surface area contributed by atoms with E-state index in [1.165, 1.54) is 0 Å². The second-order valence-electron chi connectivity index (χ2n) is 8.81. The number of hydrogen-bond donors (Lipinski definition) is 4. The molecule has 0 saturated heterocycles. The number of hydrogen-bond acceptors (Lipinski definition) is 4. The van der Waals surface area contributed by atoms with Crippen molar-refractivity contribution in [1.29, 1.82) is 0 Å². The predicted molar refractivity (Wildman–Crippen MR) is 144 cm³/mol. The number of urea groups is 1. The summed E-state index contributed by atoms with van der Waals surface area (Å²) in [5.41, 5.74) is 11.3. The Bertz CT molecular complexity index is 1560. The highest BCUT2D eigenvalue weighted by molar-refractivity contribution is 5.96. The number of unbranched alkanes of at least 4 members (excludes halogenated alkanes) is 1. The Balaban J connectivity index is 0.000000559. The number of nitrogens with zero attached hydrogens (tertiary/aromatic N) is 2. The van der Waals surface area contributed by atoms with Gasteiger partial charge >= 0.3 is 24.1 Å². The molecule has 0 aliphatic rings. The summed E-state index contributed by atoms with van der Waals surface area (Å²) < 4.78 is 33.8. The number of aliphatic carboxylic acids is 1. The topological polar surface area (TPSA) is 148 Å². The summed E-state index contributed by atoms with van der Waals surface area (Å²) in [6.45, 7) is 4.11. The van der Waals surface area contributed by atoms with Gasteiger partial charge in [-0.1, -0.05) is 37.6 Å². The lowest BCUT2D eigenvalue weighted by atomic mass is 9.95. The van der Waals surface area contributed by atoms with Crippen LogP contribution in [0.2, 0.25) is 0 Å². The predicted octanol–water partition coefficient (Wildman–Crippen LogP) is 6.17. The summed E-state index contributed by atoms with van der Waals surface area (Å²) in [4.78, 5) is 36.8. The number of rotatable bonds is 7. The number of imidazole rings is 1. The van der Waals surface area contributed by atoms with Crippen molar-refractivity contribution < 1.29 is 37.8 Å². The third-order valence-corrected chi connectivity index (χ3v) is 5.90. The van der Waals surface area contributed by atoms with E-state index in [2.05, 4.69) is 16.8 Å². The quantitative estimate of drug-likeness (QED) is 0.214. The summed E-state index contributed by atoms with van der Waals surface area (Å²) in [5, 5.41) is 19.4. The third kappa shape index (κ3) is 6.95. The van der Waals surface area contributed by atoms with E-state index in [0.717, 1.165) is 52.9 Å². The highest BCUT2D eigenvalue weighted by Gasteiger charge is 2.38. The average Bonchev–Trinajstić information content (AvgIpc) is 3.24. The van der Waals surface area contributed by atoms with Gasteiger partial charge in [0, 0.05) is 17.8 Å². The molecule has 40 heavy (non-hydrogen) atoms. The first-order valence-corrected chi connectivity index (χ1v) is 12.1. The van der Waals surface area contributed by atoms with Crippen molar-refractivity contribution in [3.63, 3.8) is 0 Å². The van der Waals surface area contributed by atoms with Gasteiger partial charge in [-0.2, -0.15) is 13.2 Å². The number of fused-ring (bicyclic) bond motifs is 1. The first kappa shape index (κ1) is 29.7. The zero-order valence-electron chi connectivity index (χ0n) is 21.6. The second kappa shape index (κ2) is 12.3. The highest BCUT2D eigenvalue weighted by Crippen LogP contribution is 2.31. The van der Waals surface area contributed by atoms with Crippen LogP contribution in [0.3, 0.4) is 0 Å². The smallest absolute Gasteiger partial charge is 0.478 e. The number of primary amides is 1. The fourth-order valence-electron chi connectivity index (χ4n) is 4.13. The number of aromatic carboxylic acids is 1. The van der Waals surface area contributed by atoms with Crippen LogP contribution in [0, 0.1) is 6.92 Å². The van der Waals surface area contributed by atoms with E-state index in [0.29, 0.717) is 11.3 Å². The van der Waals surface area contributed by atoms with Crippen LogP contribution >= 0.6 is 0 Å². The van der Waals surface area contributed by atoms with Gasteiger partial charge in [-0.3, -0.25) is 4.57 Å². The minimum Gasteiger partial charge on any atom is -0.478 e. The Morgan fingerprint density at radius 1 is 1.00 bits per heavy atom. The fraction of sp³-hybridized carbons (Fsp3) is 0.214. The molecule has 9 nitrogen and oxygen atoms in total. The lowest BCUT2D eigenvalue weighted by Crippen LogP contribution is -2.21. The van der Waals surface area contributed by atoms with E-state index in [1.807, 2.05) is 49.4 Å². The molecule has 0 unspecified atom stereocenters. The Labute approximate surface area is 227 Å². The monoisotopic (exact) mass is 556 g/mol. The van der Waals surface area contributed by atoms with Crippen LogP contribution in [0.4, 0.5) is 23.7 Å². The Hall–Kier alpha value is -4.87. The van der Waals surface area contributed by atoms with Crippen LogP contribution in [0.1, 0.15) is 41.5 Å². The molecule has 0 fully saturated rings. The van der Waals surface area contributed by atoms with E-state index < -0.39 is 24.1 Å². The number of halogens is 3. The molecule has 12 heteroatoms. The van der Waals surface area contributed by atoms with Gasteiger partial charge in [0.15, 0.2) is 0 Å². The number of aromatic nitrogens is 2. The van der Waals surface area contributed by atoms with Crippen molar-refractivity contribution in [2.24, 2.45) is 5.73 Å². The molecule has 210 valence electrons. The number of aryl methyl sites for hydroxylation is 2. The molecule has 0 spiro atoms. The molecule has 0 atom stereocenters. The number of alkyl halides is 3.